The first-order valence-electron chi connectivity index (χ1n) is 5.57. The molecule has 0 heterocycles. The van der Waals surface area contributed by atoms with E-state index >= 15 is 0 Å². The van der Waals surface area contributed by atoms with E-state index < -0.39 is 13.8 Å². The van der Waals surface area contributed by atoms with Crippen LogP contribution in [0.2, 0.25) is 0 Å². The molecule has 5 heteroatoms. The van der Waals surface area contributed by atoms with Crippen LogP contribution in [-0.4, -0.2) is 21.7 Å². The number of hydrogen-bond donors (Lipinski definition) is 2. The van der Waals surface area contributed by atoms with E-state index in [0.717, 1.165) is 12.8 Å². The first kappa shape index (κ1) is 12.5. The van der Waals surface area contributed by atoms with E-state index in [1.165, 1.54) is 11.1 Å². The number of carbonyl (C=O) groups excluding carboxylic acids is 1. The summed E-state index contributed by atoms with van der Waals surface area (Å²) in [5.74, 6) is -0.136. The fraction of sp³-hybridized carbons (Fsp3) is 0.417. The van der Waals surface area contributed by atoms with E-state index in [1.54, 1.807) is 0 Å². The smallest absolute Gasteiger partial charge is 0.324 e. The molecule has 0 unspecified atom stereocenters. The van der Waals surface area contributed by atoms with Gasteiger partial charge in [-0.3, -0.25) is 9.36 Å². The van der Waals surface area contributed by atoms with Crippen molar-refractivity contribution in [1.29, 1.82) is 0 Å². The number of hydrogen-bond acceptors (Lipinski definition) is 2. The predicted molar refractivity (Wildman–Crippen MR) is 63.9 cm³/mol. The molecule has 0 saturated heterocycles. The summed E-state index contributed by atoms with van der Waals surface area (Å²) in [6, 6.07) is 8.03. The van der Waals surface area contributed by atoms with Crippen LogP contribution in [0.4, 0.5) is 0 Å². The van der Waals surface area contributed by atoms with Gasteiger partial charge in [0.1, 0.15) is 11.9 Å². The normalized spacial score (nSPS) is 15.9. The molecular weight excluding hydrogens is 239 g/mol. The molecule has 0 fully saturated rings. The lowest BCUT2D eigenvalue weighted by Gasteiger charge is -2.08. The molecule has 1 aliphatic rings. The van der Waals surface area contributed by atoms with E-state index in [4.69, 9.17) is 9.79 Å². The summed E-state index contributed by atoms with van der Waals surface area (Å²) in [6.45, 7) is 0. The lowest BCUT2D eigenvalue weighted by molar-refractivity contribution is -0.117. The van der Waals surface area contributed by atoms with Crippen LogP contribution < -0.4 is 0 Å². The van der Waals surface area contributed by atoms with E-state index in [1.807, 2.05) is 24.3 Å². The highest BCUT2D eigenvalue weighted by Crippen LogP contribution is 2.36. The molecule has 1 aromatic carbocycles. The van der Waals surface area contributed by atoms with Crippen molar-refractivity contribution in [3.63, 3.8) is 0 Å². The van der Waals surface area contributed by atoms with Crippen LogP contribution in [0.1, 0.15) is 17.5 Å². The molecule has 92 valence electrons. The lowest BCUT2D eigenvalue weighted by Crippen LogP contribution is -2.12. The van der Waals surface area contributed by atoms with Gasteiger partial charge >= 0.3 is 7.60 Å². The van der Waals surface area contributed by atoms with Gasteiger partial charge in [-0.2, -0.15) is 0 Å². The Morgan fingerprint density at radius 2 is 1.76 bits per heavy atom. The van der Waals surface area contributed by atoms with Crippen molar-refractivity contribution in [1.82, 2.24) is 0 Å². The number of rotatable bonds is 4. The van der Waals surface area contributed by atoms with Gasteiger partial charge in [0.15, 0.2) is 0 Å². The Bertz CT molecular complexity index is 452. The van der Waals surface area contributed by atoms with E-state index in [9.17, 15) is 9.36 Å². The highest BCUT2D eigenvalue weighted by molar-refractivity contribution is 7.52. The molecule has 0 bridgehead atoms. The third-order valence-corrected chi connectivity index (χ3v) is 3.80. The summed E-state index contributed by atoms with van der Waals surface area (Å²) in [5, 5.41) is 0. The molecule has 0 radical (unpaired) electrons. The fourth-order valence-corrected chi connectivity index (χ4v) is 3.00. The lowest BCUT2D eigenvalue weighted by atomic mass is 10.0. The van der Waals surface area contributed by atoms with Gasteiger partial charge in [0.2, 0.25) is 0 Å². The second-order valence-electron chi connectivity index (χ2n) is 4.61. The maximum absolute atomic E-state index is 11.5. The number of fused-ring (bicyclic) bond motifs is 1. The van der Waals surface area contributed by atoms with Crippen LogP contribution in [-0.2, 0) is 22.2 Å². The van der Waals surface area contributed by atoms with Crippen LogP contribution in [0.5, 0.6) is 0 Å². The topological polar surface area (TPSA) is 74.6 Å². The third kappa shape index (κ3) is 3.50. The second kappa shape index (κ2) is 4.73. The minimum Gasteiger partial charge on any atom is -0.324 e. The zero-order chi connectivity index (χ0) is 12.5. The Morgan fingerprint density at radius 1 is 1.24 bits per heavy atom. The van der Waals surface area contributed by atoms with Crippen molar-refractivity contribution in [2.24, 2.45) is 5.92 Å². The van der Waals surface area contributed by atoms with Crippen LogP contribution in [0, 0.1) is 5.92 Å². The number of ketones is 1. The Labute approximate surface area is 99.8 Å². The first-order chi connectivity index (χ1) is 7.94. The van der Waals surface area contributed by atoms with Crippen LogP contribution in [0.15, 0.2) is 24.3 Å². The van der Waals surface area contributed by atoms with E-state index in [0.29, 0.717) is 0 Å². The Hall–Kier alpha value is -0.960. The van der Waals surface area contributed by atoms with Gasteiger partial charge in [-0.05, 0) is 29.9 Å². The van der Waals surface area contributed by atoms with E-state index in [-0.39, 0.29) is 18.1 Å². The SMILES string of the molecule is O=C(CC1Cc2ccccc2C1)CP(=O)(O)O. The van der Waals surface area contributed by atoms with Gasteiger partial charge in [-0.1, -0.05) is 24.3 Å². The molecule has 0 atom stereocenters. The molecule has 0 saturated carbocycles. The molecule has 0 amide bonds. The zero-order valence-electron chi connectivity index (χ0n) is 9.37. The maximum Gasteiger partial charge on any atom is 0.332 e. The minimum atomic E-state index is -4.20. The largest absolute Gasteiger partial charge is 0.332 e. The zero-order valence-corrected chi connectivity index (χ0v) is 10.3. The molecular formula is C12H15O4P. The van der Waals surface area contributed by atoms with Crippen LogP contribution in [0.3, 0.4) is 0 Å². The highest BCUT2D eigenvalue weighted by Gasteiger charge is 2.26. The molecule has 4 nitrogen and oxygen atoms in total. The number of Topliss-reactive ketones (excluding diaryl/α,β-unsaturated/α-hetero) is 1. The highest BCUT2D eigenvalue weighted by atomic mass is 31.2. The molecule has 1 aromatic rings. The average Bonchev–Trinajstić information content (AvgIpc) is 2.55. The second-order valence-corrected chi connectivity index (χ2v) is 6.25. The summed E-state index contributed by atoms with van der Waals surface area (Å²) in [5.41, 5.74) is 2.50. The average molecular weight is 254 g/mol. The van der Waals surface area contributed by atoms with Gasteiger partial charge in [-0.25, -0.2) is 0 Å². The Kier molecular flexibility index (Phi) is 3.48. The van der Waals surface area contributed by atoms with Crippen LogP contribution >= 0.6 is 7.60 Å². The molecule has 2 rings (SSSR count). The van der Waals surface area contributed by atoms with Gasteiger partial charge in [-0.15, -0.1) is 0 Å². The molecule has 17 heavy (non-hydrogen) atoms. The first-order valence-corrected chi connectivity index (χ1v) is 7.37. The molecule has 0 aromatic heterocycles. The fourth-order valence-electron chi connectivity index (χ4n) is 2.41. The van der Waals surface area contributed by atoms with Crippen molar-refractivity contribution in [2.45, 2.75) is 19.3 Å². The van der Waals surface area contributed by atoms with Gasteiger partial charge in [0.25, 0.3) is 0 Å². The predicted octanol–water partition coefficient (Wildman–Crippen LogP) is 1.54. The van der Waals surface area contributed by atoms with Crippen molar-refractivity contribution in [3.05, 3.63) is 35.4 Å². The van der Waals surface area contributed by atoms with Crippen LogP contribution in [0.25, 0.3) is 0 Å². The van der Waals surface area contributed by atoms with Crippen molar-refractivity contribution in [3.8, 4) is 0 Å². The minimum absolute atomic E-state index is 0.200. The van der Waals surface area contributed by atoms with Gasteiger partial charge < -0.3 is 9.79 Å². The molecule has 1 aliphatic carbocycles. The van der Waals surface area contributed by atoms with Gasteiger partial charge in [0, 0.05) is 6.42 Å². The molecule has 0 aliphatic heterocycles. The van der Waals surface area contributed by atoms with Gasteiger partial charge in [0.05, 0.1) is 0 Å². The molecule has 0 spiro atoms. The standard InChI is InChI=1S/C12H15O4P/c13-12(8-17(14,15)16)7-9-5-10-3-1-2-4-11(10)6-9/h1-4,9H,5-8H2,(H2,14,15,16). The number of benzene rings is 1. The quantitative estimate of drug-likeness (QED) is 0.799. The Balaban J connectivity index is 1.92. The Morgan fingerprint density at radius 3 is 2.24 bits per heavy atom. The summed E-state index contributed by atoms with van der Waals surface area (Å²) >= 11 is 0. The molecule has 2 N–H and O–H groups in total. The summed E-state index contributed by atoms with van der Waals surface area (Å²) in [6.07, 6.45) is 1.31. The maximum atomic E-state index is 11.5. The number of carbonyl (C=O) groups is 1. The third-order valence-electron chi connectivity index (χ3n) is 3.03. The van der Waals surface area contributed by atoms with Crippen molar-refractivity contribution >= 4 is 13.4 Å². The van der Waals surface area contributed by atoms with Crippen molar-refractivity contribution in [2.75, 3.05) is 6.16 Å². The summed E-state index contributed by atoms with van der Waals surface area (Å²) < 4.78 is 10.7. The summed E-state index contributed by atoms with van der Waals surface area (Å²) in [4.78, 5) is 28.9. The van der Waals surface area contributed by atoms with E-state index in [2.05, 4.69) is 0 Å². The van der Waals surface area contributed by atoms with Crippen molar-refractivity contribution < 1.29 is 19.1 Å². The monoisotopic (exact) mass is 254 g/mol. The summed E-state index contributed by atoms with van der Waals surface area (Å²) in [7, 11) is -4.20.